The first-order valence-electron chi connectivity index (χ1n) is 11.7. The van der Waals surface area contributed by atoms with Gasteiger partial charge in [-0.3, -0.25) is 9.78 Å². The van der Waals surface area contributed by atoms with Gasteiger partial charge in [0.1, 0.15) is 5.75 Å². The molecule has 0 saturated heterocycles. The number of rotatable bonds is 17. The molecule has 3 N–H and O–H groups in total. The molecule has 1 unspecified atom stereocenters. The zero-order valence-electron chi connectivity index (χ0n) is 18.9. The maximum absolute atomic E-state index is 12.0. The zero-order chi connectivity index (χ0) is 22.2. The number of aromatic hydroxyl groups is 1. The van der Waals surface area contributed by atoms with Crippen molar-refractivity contribution in [2.24, 2.45) is 0 Å². The first-order valence-corrected chi connectivity index (χ1v) is 11.7. The molecule has 30 heavy (non-hydrogen) atoms. The summed E-state index contributed by atoms with van der Waals surface area (Å²) in [5.74, 6) is -0.772. The summed E-state index contributed by atoms with van der Waals surface area (Å²) in [6.07, 6.45) is 16.0. The van der Waals surface area contributed by atoms with E-state index in [9.17, 15) is 20.1 Å². The summed E-state index contributed by atoms with van der Waals surface area (Å²) in [4.78, 5) is 15.9. The van der Waals surface area contributed by atoms with Crippen molar-refractivity contribution in [3.05, 3.63) is 23.0 Å². The normalized spacial score (nSPS) is 12.1. The number of aromatic nitrogens is 1. The summed E-state index contributed by atoms with van der Waals surface area (Å²) < 4.78 is 5.04. The van der Waals surface area contributed by atoms with E-state index in [1.165, 1.54) is 70.4 Å². The number of aliphatic hydroxyl groups excluding tert-OH is 2. The highest BCUT2D eigenvalue weighted by atomic mass is 16.6. The Hall–Kier alpha value is -1.66. The third-order valence-electron chi connectivity index (χ3n) is 5.50. The monoisotopic (exact) mass is 423 g/mol. The molecule has 0 spiro atoms. The number of ether oxygens (including phenoxy) is 1. The number of hydrogen-bond acceptors (Lipinski definition) is 6. The van der Waals surface area contributed by atoms with E-state index in [-0.39, 0.29) is 23.3 Å². The van der Waals surface area contributed by atoms with Crippen LogP contribution in [0.5, 0.6) is 5.75 Å². The highest BCUT2D eigenvalue weighted by Gasteiger charge is 2.22. The molecule has 6 heteroatoms. The van der Waals surface area contributed by atoms with E-state index >= 15 is 0 Å². The van der Waals surface area contributed by atoms with E-state index in [0.717, 1.165) is 19.3 Å². The minimum Gasteiger partial charge on any atom is -0.506 e. The maximum atomic E-state index is 12.0. The Balaban J connectivity index is 2.11. The number of hydrogen-bond donors (Lipinski definition) is 3. The van der Waals surface area contributed by atoms with Gasteiger partial charge in [-0.25, -0.2) is 0 Å². The Morgan fingerprint density at radius 2 is 1.47 bits per heavy atom. The Kier molecular flexibility index (Phi) is 14.1. The number of unbranched alkanes of at least 4 members (excludes halogenated alkanes) is 12. The molecular formula is C24H41NO5. The van der Waals surface area contributed by atoms with Crippen LogP contribution in [0.4, 0.5) is 0 Å². The van der Waals surface area contributed by atoms with Crippen LogP contribution >= 0.6 is 0 Å². The van der Waals surface area contributed by atoms with Crippen LogP contribution in [0.3, 0.4) is 0 Å². The summed E-state index contributed by atoms with van der Waals surface area (Å²) in [5.41, 5.74) is 0.539. The summed E-state index contributed by atoms with van der Waals surface area (Å²) >= 11 is 0. The second-order valence-electron chi connectivity index (χ2n) is 8.12. The minimum absolute atomic E-state index is 0.00344. The topological polar surface area (TPSA) is 99.9 Å². The first-order chi connectivity index (χ1) is 14.5. The molecule has 0 saturated carbocycles. The maximum Gasteiger partial charge on any atom is 0.308 e. The molecule has 1 atom stereocenters. The van der Waals surface area contributed by atoms with E-state index in [2.05, 4.69) is 11.9 Å². The standard InChI is InChI=1S/C24H41NO5/c1-3-4-5-6-7-8-9-10-11-12-13-14-15-16-21(27)30-24(29)22-20(18-26)17-25-19(2)23(22)28/h17,24,26,28-29H,3-16,18H2,1-2H3. The quantitative estimate of drug-likeness (QED) is 0.171. The minimum atomic E-state index is -1.61. The average molecular weight is 424 g/mol. The van der Waals surface area contributed by atoms with Crippen molar-refractivity contribution in [3.63, 3.8) is 0 Å². The lowest BCUT2D eigenvalue weighted by molar-refractivity contribution is -0.169. The Morgan fingerprint density at radius 3 is 1.97 bits per heavy atom. The van der Waals surface area contributed by atoms with Crippen molar-refractivity contribution in [2.75, 3.05) is 0 Å². The fourth-order valence-electron chi connectivity index (χ4n) is 3.58. The van der Waals surface area contributed by atoms with Gasteiger partial charge in [-0.2, -0.15) is 0 Å². The molecule has 0 aliphatic rings. The van der Waals surface area contributed by atoms with E-state index in [1.807, 2.05) is 0 Å². The number of nitrogens with zero attached hydrogens (tertiary/aromatic N) is 1. The Labute approximate surface area is 181 Å². The van der Waals surface area contributed by atoms with Crippen LogP contribution in [-0.2, 0) is 16.1 Å². The fourth-order valence-corrected chi connectivity index (χ4v) is 3.58. The van der Waals surface area contributed by atoms with E-state index in [1.54, 1.807) is 6.92 Å². The van der Waals surface area contributed by atoms with Gasteiger partial charge < -0.3 is 20.1 Å². The highest BCUT2D eigenvalue weighted by Crippen LogP contribution is 2.31. The number of carbonyl (C=O) groups excluding carboxylic acids is 1. The third kappa shape index (κ3) is 10.4. The fraction of sp³-hybridized carbons (Fsp3) is 0.750. The smallest absolute Gasteiger partial charge is 0.308 e. The Morgan fingerprint density at radius 1 is 0.967 bits per heavy atom. The molecule has 172 valence electrons. The first kappa shape index (κ1) is 26.4. The summed E-state index contributed by atoms with van der Waals surface area (Å²) in [6, 6.07) is 0. The van der Waals surface area contributed by atoms with Crippen molar-refractivity contribution in [3.8, 4) is 5.75 Å². The number of pyridine rings is 1. The molecule has 0 radical (unpaired) electrons. The third-order valence-corrected chi connectivity index (χ3v) is 5.50. The number of carbonyl (C=O) groups is 1. The molecule has 0 aliphatic carbocycles. The molecule has 1 aromatic heterocycles. The van der Waals surface area contributed by atoms with Crippen molar-refractivity contribution in [1.82, 2.24) is 4.98 Å². The van der Waals surface area contributed by atoms with Gasteiger partial charge in [0.25, 0.3) is 0 Å². The molecule has 1 aromatic rings. The molecule has 1 rings (SSSR count). The number of esters is 1. The van der Waals surface area contributed by atoms with Crippen LogP contribution in [0, 0.1) is 6.92 Å². The highest BCUT2D eigenvalue weighted by molar-refractivity contribution is 5.69. The predicted molar refractivity (Wildman–Crippen MR) is 118 cm³/mol. The largest absolute Gasteiger partial charge is 0.506 e. The van der Waals surface area contributed by atoms with Gasteiger partial charge in [-0.15, -0.1) is 0 Å². The lowest BCUT2D eigenvalue weighted by Gasteiger charge is -2.17. The zero-order valence-corrected chi connectivity index (χ0v) is 18.9. The molecule has 6 nitrogen and oxygen atoms in total. The van der Waals surface area contributed by atoms with Gasteiger partial charge >= 0.3 is 5.97 Å². The summed E-state index contributed by atoms with van der Waals surface area (Å²) in [6.45, 7) is 3.40. The van der Waals surface area contributed by atoms with E-state index < -0.39 is 18.9 Å². The molecule has 0 aromatic carbocycles. The van der Waals surface area contributed by atoms with Crippen LogP contribution in [0.25, 0.3) is 0 Å². The molecule has 0 bridgehead atoms. The van der Waals surface area contributed by atoms with Crippen LogP contribution in [-0.4, -0.2) is 26.3 Å². The van der Waals surface area contributed by atoms with E-state index in [0.29, 0.717) is 5.69 Å². The molecular weight excluding hydrogens is 382 g/mol. The molecule has 0 aliphatic heterocycles. The van der Waals surface area contributed by atoms with Gasteiger partial charge in [-0.1, -0.05) is 84.0 Å². The number of aliphatic hydroxyl groups is 2. The van der Waals surface area contributed by atoms with Crippen molar-refractivity contribution in [2.45, 2.75) is 117 Å². The SMILES string of the molecule is CCCCCCCCCCCCCCCC(=O)OC(O)c1c(CO)cnc(C)c1O. The summed E-state index contributed by atoms with van der Waals surface area (Å²) in [5, 5.41) is 29.6. The van der Waals surface area contributed by atoms with Gasteiger partial charge in [-0.05, 0) is 13.3 Å². The van der Waals surface area contributed by atoms with Gasteiger partial charge in [0, 0.05) is 18.2 Å². The van der Waals surface area contributed by atoms with Crippen LogP contribution < -0.4 is 0 Å². The lowest BCUT2D eigenvalue weighted by atomic mass is 10.0. The summed E-state index contributed by atoms with van der Waals surface area (Å²) in [7, 11) is 0. The molecule has 0 fully saturated rings. The van der Waals surface area contributed by atoms with Crippen molar-refractivity contribution >= 4 is 5.97 Å². The van der Waals surface area contributed by atoms with Crippen LogP contribution in [0.15, 0.2) is 6.20 Å². The van der Waals surface area contributed by atoms with Crippen LogP contribution in [0.1, 0.15) is 120 Å². The molecule has 1 heterocycles. The molecule has 0 amide bonds. The van der Waals surface area contributed by atoms with Gasteiger partial charge in [0.2, 0.25) is 6.29 Å². The van der Waals surface area contributed by atoms with E-state index in [4.69, 9.17) is 4.74 Å². The average Bonchev–Trinajstić information content (AvgIpc) is 2.73. The van der Waals surface area contributed by atoms with Gasteiger partial charge in [0.05, 0.1) is 17.9 Å². The Bertz CT molecular complexity index is 606. The predicted octanol–water partition coefficient (Wildman–Crippen LogP) is 5.60. The van der Waals surface area contributed by atoms with Crippen molar-refractivity contribution < 1.29 is 24.9 Å². The van der Waals surface area contributed by atoms with Gasteiger partial charge in [0.15, 0.2) is 0 Å². The lowest BCUT2D eigenvalue weighted by Crippen LogP contribution is -2.13. The second kappa shape index (κ2) is 16.1. The number of aryl methyl sites for hydroxylation is 1. The van der Waals surface area contributed by atoms with Crippen molar-refractivity contribution in [1.29, 1.82) is 0 Å². The second-order valence-corrected chi connectivity index (χ2v) is 8.12. The van der Waals surface area contributed by atoms with Crippen LogP contribution in [0.2, 0.25) is 0 Å².